The summed E-state index contributed by atoms with van der Waals surface area (Å²) < 4.78 is 5.31. The summed E-state index contributed by atoms with van der Waals surface area (Å²) in [6, 6.07) is 0. The summed E-state index contributed by atoms with van der Waals surface area (Å²) >= 11 is 0. The maximum Gasteiger partial charge on any atom is 0.223 e. The molecular formula is C15H28N2O2. The number of nitrogens with zero attached hydrogens (tertiary/aromatic N) is 2. The normalized spacial score (nSPS) is 26.2. The monoisotopic (exact) mass is 268 g/mol. The fourth-order valence-corrected chi connectivity index (χ4v) is 3.10. The first-order valence-electron chi connectivity index (χ1n) is 7.82. The van der Waals surface area contributed by atoms with Crippen molar-refractivity contribution in [3.63, 3.8) is 0 Å². The molecule has 0 aromatic heterocycles. The third-order valence-electron chi connectivity index (χ3n) is 4.42. The summed E-state index contributed by atoms with van der Waals surface area (Å²) in [5, 5.41) is 0. The van der Waals surface area contributed by atoms with E-state index in [1.54, 1.807) is 7.11 Å². The van der Waals surface area contributed by atoms with E-state index >= 15 is 0 Å². The van der Waals surface area contributed by atoms with Gasteiger partial charge in [-0.05, 0) is 32.4 Å². The third-order valence-corrected chi connectivity index (χ3v) is 4.42. The maximum atomic E-state index is 12.1. The molecular weight excluding hydrogens is 240 g/mol. The number of hydrogen-bond acceptors (Lipinski definition) is 3. The number of rotatable bonds is 4. The van der Waals surface area contributed by atoms with Crippen molar-refractivity contribution >= 4 is 5.91 Å². The Morgan fingerprint density at radius 1 is 1.11 bits per heavy atom. The highest BCUT2D eigenvalue weighted by Gasteiger charge is 2.25. The zero-order chi connectivity index (χ0) is 13.5. The number of methoxy groups -OCH3 is 1. The van der Waals surface area contributed by atoms with Gasteiger partial charge in [0.05, 0.1) is 6.10 Å². The largest absolute Gasteiger partial charge is 0.380 e. The summed E-state index contributed by atoms with van der Waals surface area (Å²) in [6.45, 7) is 4.95. The average molecular weight is 268 g/mol. The molecule has 0 bridgehead atoms. The SMILES string of the molecule is COC1CCN(C(=O)CCN2CCCCCCC2)C1. The van der Waals surface area contributed by atoms with Crippen LogP contribution in [0.25, 0.3) is 0 Å². The Morgan fingerprint density at radius 3 is 2.42 bits per heavy atom. The highest BCUT2D eigenvalue weighted by atomic mass is 16.5. The van der Waals surface area contributed by atoms with Gasteiger partial charge in [-0.3, -0.25) is 4.79 Å². The minimum atomic E-state index is 0.255. The first kappa shape index (κ1) is 14.8. The van der Waals surface area contributed by atoms with Crippen LogP contribution in [0.15, 0.2) is 0 Å². The van der Waals surface area contributed by atoms with Gasteiger partial charge in [0.1, 0.15) is 0 Å². The molecule has 0 aromatic carbocycles. The van der Waals surface area contributed by atoms with E-state index in [2.05, 4.69) is 4.90 Å². The number of amides is 1. The smallest absolute Gasteiger partial charge is 0.223 e. The maximum absolute atomic E-state index is 12.1. The van der Waals surface area contributed by atoms with E-state index in [-0.39, 0.29) is 6.10 Å². The predicted molar refractivity (Wildman–Crippen MR) is 76.1 cm³/mol. The molecule has 4 heteroatoms. The van der Waals surface area contributed by atoms with E-state index in [4.69, 9.17) is 4.74 Å². The van der Waals surface area contributed by atoms with Crippen LogP contribution in [0.4, 0.5) is 0 Å². The Bertz CT molecular complexity index is 275. The highest BCUT2D eigenvalue weighted by molar-refractivity contribution is 5.76. The van der Waals surface area contributed by atoms with Crippen LogP contribution < -0.4 is 0 Å². The summed E-state index contributed by atoms with van der Waals surface area (Å²) in [5.41, 5.74) is 0. The van der Waals surface area contributed by atoms with Crippen LogP contribution in [0.5, 0.6) is 0 Å². The van der Waals surface area contributed by atoms with Crippen LogP contribution in [0.2, 0.25) is 0 Å². The number of carbonyl (C=O) groups excluding carboxylic acids is 1. The van der Waals surface area contributed by atoms with Gasteiger partial charge in [-0.1, -0.05) is 19.3 Å². The molecule has 110 valence electrons. The summed E-state index contributed by atoms with van der Waals surface area (Å²) in [6.07, 6.45) is 8.61. The Balaban J connectivity index is 1.67. The minimum Gasteiger partial charge on any atom is -0.380 e. The van der Waals surface area contributed by atoms with Crippen LogP contribution in [0.3, 0.4) is 0 Å². The Kier molecular flexibility index (Phi) is 6.11. The molecule has 1 atom stereocenters. The van der Waals surface area contributed by atoms with Crippen LogP contribution in [0, 0.1) is 0 Å². The Labute approximate surface area is 117 Å². The lowest BCUT2D eigenvalue weighted by atomic mass is 10.1. The van der Waals surface area contributed by atoms with Gasteiger partial charge in [0.15, 0.2) is 0 Å². The summed E-state index contributed by atoms with van der Waals surface area (Å²) in [4.78, 5) is 16.6. The Morgan fingerprint density at radius 2 is 1.79 bits per heavy atom. The second-order valence-corrected chi connectivity index (χ2v) is 5.85. The minimum absolute atomic E-state index is 0.255. The molecule has 2 heterocycles. The van der Waals surface area contributed by atoms with E-state index in [1.807, 2.05) is 4.90 Å². The van der Waals surface area contributed by atoms with Gasteiger partial charge >= 0.3 is 0 Å². The predicted octanol–water partition coefficient (Wildman–Crippen LogP) is 1.89. The van der Waals surface area contributed by atoms with Crippen molar-refractivity contribution in [3.8, 4) is 0 Å². The van der Waals surface area contributed by atoms with Gasteiger partial charge < -0.3 is 14.5 Å². The molecule has 0 saturated carbocycles. The van der Waals surface area contributed by atoms with Crippen LogP contribution in [-0.2, 0) is 9.53 Å². The first-order chi connectivity index (χ1) is 9.29. The quantitative estimate of drug-likeness (QED) is 0.780. The number of carbonyl (C=O) groups is 1. The van der Waals surface area contributed by atoms with E-state index in [0.29, 0.717) is 12.3 Å². The molecule has 0 aliphatic carbocycles. The molecule has 2 aliphatic rings. The average Bonchev–Trinajstić information content (AvgIpc) is 2.86. The van der Waals surface area contributed by atoms with Gasteiger partial charge in [-0.15, -0.1) is 0 Å². The second-order valence-electron chi connectivity index (χ2n) is 5.85. The van der Waals surface area contributed by atoms with Crippen LogP contribution >= 0.6 is 0 Å². The molecule has 2 aliphatic heterocycles. The molecule has 4 nitrogen and oxygen atoms in total. The van der Waals surface area contributed by atoms with Gasteiger partial charge in [0.2, 0.25) is 5.91 Å². The van der Waals surface area contributed by atoms with E-state index in [0.717, 1.165) is 26.1 Å². The molecule has 0 N–H and O–H groups in total. The van der Waals surface area contributed by atoms with Gasteiger partial charge in [-0.2, -0.15) is 0 Å². The van der Waals surface area contributed by atoms with Crippen molar-refractivity contribution in [2.75, 3.05) is 39.8 Å². The van der Waals surface area contributed by atoms with Crippen LogP contribution in [-0.4, -0.2) is 61.6 Å². The lowest BCUT2D eigenvalue weighted by molar-refractivity contribution is -0.130. The van der Waals surface area contributed by atoms with Crippen molar-refractivity contribution < 1.29 is 9.53 Å². The van der Waals surface area contributed by atoms with Crippen molar-refractivity contribution in [1.29, 1.82) is 0 Å². The van der Waals surface area contributed by atoms with Gasteiger partial charge in [0, 0.05) is 33.2 Å². The summed E-state index contributed by atoms with van der Waals surface area (Å²) in [5.74, 6) is 0.307. The van der Waals surface area contributed by atoms with Gasteiger partial charge in [-0.25, -0.2) is 0 Å². The Hall–Kier alpha value is -0.610. The molecule has 0 spiro atoms. The third kappa shape index (κ3) is 4.77. The molecule has 2 saturated heterocycles. The molecule has 0 aromatic rings. The molecule has 2 rings (SSSR count). The van der Waals surface area contributed by atoms with Crippen molar-refractivity contribution in [3.05, 3.63) is 0 Å². The second kappa shape index (κ2) is 7.85. The molecule has 1 unspecified atom stereocenters. The molecule has 19 heavy (non-hydrogen) atoms. The number of ether oxygens (including phenoxy) is 1. The number of hydrogen-bond donors (Lipinski definition) is 0. The lowest BCUT2D eigenvalue weighted by Crippen LogP contribution is -2.35. The highest BCUT2D eigenvalue weighted by Crippen LogP contribution is 2.14. The van der Waals surface area contributed by atoms with E-state index < -0.39 is 0 Å². The standard InChI is InChI=1S/C15H28N2O2/c1-19-14-7-12-17(13-14)15(18)8-11-16-9-5-3-2-4-6-10-16/h14H,2-13H2,1H3. The van der Waals surface area contributed by atoms with Crippen molar-refractivity contribution in [2.24, 2.45) is 0 Å². The van der Waals surface area contributed by atoms with E-state index in [9.17, 15) is 4.79 Å². The first-order valence-corrected chi connectivity index (χ1v) is 7.82. The van der Waals surface area contributed by atoms with Gasteiger partial charge in [0.25, 0.3) is 0 Å². The topological polar surface area (TPSA) is 32.8 Å². The van der Waals surface area contributed by atoms with Crippen LogP contribution in [0.1, 0.15) is 44.9 Å². The van der Waals surface area contributed by atoms with E-state index in [1.165, 1.54) is 45.2 Å². The fraction of sp³-hybridized carbons (Fsp3) is 0.933. The molecule has 2 fully saturated rings. The molecule has 0 radical (unpaired) electrons. The molecule has 1 amide bonds. The lowest BCUT2D eigenvalue weighted by Gasteiger charge is -2.25. The fourth-order valence-electron chi connectivity index (χ4n) is 3.10. The van der Waals surface area contributed by atoms with Crippen molar-refractivity contribution in [1.82, 2.24) is 9.80 Å². The van der Waals surface area contributed by atoms with Crippen molar-refractivity contribution in [2.45, 2.75) is 51.0 Å². The zero-order valence-electron chi connectivity index (χ0n) is 12.3. The summed E-state index contributed by atoms with van der Waals surface area (Å²) in [7, 11) is 1.73. The number of likely N-dealkylation sites (tertiary alicyclic amines) is 2. The zero-order valence-corrected chi connectivity index (χ0v) is 12.3.